The van der Waals surface area contributed by atoms with Gasteiger partial charge in [-0.2, -0.15) is 0 Å². The maximum atomic E-state index is 11.1. The summed E-state index contributed by atoms with van der Waals surface area (Å²) in [6, 6.07) is 1.39. The van der Waals surface area contributed by atoms with Gasteiger partial charge in [0.2, 0.25) is 0 Å². The predicted molar refractivity (Wildman–Crippen MR) is 46.3 cm³/mol. The van der Waals surface area contributed by atoms with Crippen LogP contribution in [-0.2, 0) is 0 Å². The van der Waals surface area contributed by atoms with Gasteiger partial charge in [-0.25, -0.2) is 4.79 Å². The molecule has 0 saturated carbocycles. The van der Waals surface area contributed by atoms with Gasteiger partial charge in [0, 0.05) is 6.20 Å². The number of ether oxygens (including phenoxy) is 1. The first kappa shape index (κ1) is 9.97. The Morgan fingerprint density at radius 3 is 2.79 bits per heavy atom. The summed E-state index contributed by atoms with van der Waals surface area (Å²) in [6.45, 7) is 0. The topological polar surface area (TPSA) is 88.5 Å². The molecule has 0 radical (unpaired) electrons. The monoisotopic (exact) mass is 196 g/mol. The van der Waals surface area contributed by atoms with Crippen molar-refractivity contribution in [3.8, 4) is 5.75 Å². The molecule has 0 atom stereocenters. The fourth-order valence-corrected chi connectivity index (χ4v) is 0.824. The molecule has 6 nitrogen and oxygen atoms in total. The Morgan fingerprint density at radius 1 is 1.50 bits per heavy atom. The third-order valence-electron chi connectivity index (χ3n) is 1.43. The number of hydrogen-bond acceptors (Lipinski definition) is 4. The first-order valence-corrected chi connectivity index (χ1v) is 3.67. The van der Waals surface area contributed by atoms with E-state index in [1.807, 2.05) is 0 Å². The molecule has 0 unspecified atom stereocenters. The van der Waals surface area contributed by atoms with Crippen molar-refractivity contribution in [1.82, 2.24) is 10.3 Å². The lowest BCUT2D eigenvalue weighted by Gasteiger charge is -2.01. The van der Waals surface area contributed by atoms with Crippen LogP contribution >= 0.6 is 0 Å². The molecule has 0 aromatic carbocycles. The normalized spacial score (nSPS) is 9.21. The second-order valence-corrected chi connectivity index (χ2v) is 2.37. The molecule has 0 aliphatic rings. The summed E-state index contributed by atoms with van der Waals surface area (Å²) < 4.78 is 4.82. The summed E-state index contributed by atoms with van der Waals surface area (Å²) in [5.74, 6) is -0.341. The third kappa shape index (κ3) is 2.44. The van der Waals surface area contributed by atoms with E-state index < -0.39 is 12.0 Å². The first-order chi connectivity index (χ1) is 6.63. The molecule has 2 N–H and O–H groups in total. The smallest absolute Gasteiger partial charge is 0.411 e. The molecule has 0 bridgehead atoms. The summed E-state index contributed by atoms with van der Waals surface area (Å²) in [6.07, 6.45) is 1.26. The predicted octanol–water partition coefficient (Wildman–Crippen LogP) is 0.498. The van der Waals surface area contributed by atoms with E-state index in [9.17, 15) is 9.59 Å². The Kier molecular flexibility index (Phi) is 3.01. The van der Waals surface area contributed by atoms with Gasteiger partial charge in [0.15, 0.2) is 0 Å². The summed E-state index contributed by atoms with van der Waals surface area (Å²) in [5.41, 5.74) is 0.131. The van der Waals surface area contributed by atoms with Crippen molar-refractivity contribution in [3.63, 3.8) is 0 Å². The number of rotatable bonds is 2. The molecule has 0 aliphatic carbocycles. The first-order valence-electron chi connectivity index (χ1n) is 3.67. The largest absolute Gasteiger partial charge is 0.495 e. The molecular weight excluding hydrogens is 188 g/mol. The Bertz CT molecular complexity index is 364. The van der Waals surface area contributed by atoms with Crippen LogP contribution in [0.3, 0.4) is 0 Å². The molecule has 6 heteroatoms. The van der Waals surface area contributed by atoms with Gasteiger partial charge in [-0.3, -0.25) is 15.1 Å². The van der Waals surface area contributed by atoms with Crippen LogP contribution in [0.5, 0.6) is 5.75 Å². The number of nitrogens with zero attached hydrogens (tertiary/aromatic N) is 1. The zero-order valence-electron chi connectivity index (χ0n) is 7.35. The van der Waals surface area contributed by atoms with E-state index in [2.05, 4.69) is 4.98 Å². The summed E-state index contributed by atoms with van der Waals surface area (Å²) in [5, 5.41) is 9.98. The molecule has 2 amide bonds. The standard InChI is InChI=1S/C8H8N2O4/c1-14-6-2-5(3-9-4-6)7(11)10-8(12)13/h2-4H,1H3,(H,10,11)(H,12,13). The highest BCUT2D eigenvalue weighted by molar-refractivity contribution is 6.02. The van der Waals surface area contributed by atoms with Crippen LogP contribution in [0.1, 0.15) is 10.4 Å². The number of aromatic nitrogens is 1. The van der Waals surface area contributed by atoms with Crippen LogP contribution in [-0.4, -0.2) is 29.2 Å². The SMILES string of the molecule is COc1cncc(C(=O)NC(=O)O)c1. The van der Waals surface area contributed by atoms with Crippen LogP contribution in [0.15, 0.2) is 18.5 Å². The molecule has 14 heavy (non-hydrogen) atoms. The molecule has 0 aliphatic heterocycles. The molecule has 1 rings (SSSR count). The van der Waals surface area contributed by atoms with E-state index in [4.69, 9.17) is 9.84 Å². The average molecular weight is 196 g/mol. The number of amides is 2. The molecular formula is C8H8N2O4. The number of carboxylic acid groups (broad SMARTS) is 1. The maximum absolute atomic E-state index is 11.1. The minimum atomic E-state index is -1.40. The number of methoxy groups -OCH3 is 1. The lowest BCUT2D eigenvalue weighted by molar-refractivity contribution is 0.0947. The van der Waals surface area contributed by atoms with Gasteiger partial charge in [-0.15, -0.1) is 0 Å². The van der Waals surface area contributed by atoms with Crippen molar-refractivity contribution < 1.29 is 19.4 Å². The van der Waals surface area contributed by atoms with Crippen molar-refractivity contribution >= 4 is 12.0 Å². The maximum Gasteiger partial charge on any atom is 0.411 e. The molecule has 0 spiro atoms. The van der Waals surface area contributed by atoms with Gasteiger partial charge in [-0.1, -0.05) is 0 Å². The van der Waals surface area contributed by atoms with Crippen LogP contribution in [0.4, 0.5) is 4.79 Å². The molecule has 1 aromatic heterocycles. The third-order valence-corrected chi connectivity index (χ3v) is 1.43. The average Bonchev–Trinajstić information content (AvgIpc) is 2.17. The van der Waals surface area contributed by atoms with Crippen LogP contribution in [0.2, 0.25) is 0 Å². The second kappa shape index (κ2) is 4.22. The van der Waals surface area contributed by atoms with Crippen LogP contribution in [0.25, 0.3) is 0 Å². The minimum absolute atomic E-state index is 0.131. The minimum Gasteiger partial charge on any atom is -0.495 e. The van der Waals surface area contributed by atoms with E-state index >= 15 is 0 Å². The van der Waals surface area contributed by atoms with E-state index in [0.717, 1.165) is 0 Å². The Balaban J connectivity index is 2.84. The lowest BCUT2D eigenvalue weighted by atomic mass is 10.2. The molecule has 0 fully saturated rings. The van der Waals surface area contributed by atoms with Gasteiger partial charge in [-0.05, 0) is 6.07 Å². The van der Waals surface area contributed by atoms with E-state index in [0.29, 0.717) is 5.75 Å². The van der Waals surface area contributed by atoms with Crippen molar-refractivity contribution in [2.45, 2.75) is 0 Å². The number of carbonyl (C=O) groups is 2. The Hall–Kier alpha value is -2.11. The number of nitrogens with one attached hydrogen (secondary N) is 1. The van der Waals surface area contributed by atoms with Gasteiger partial charge in [0.05, 0.1) is 18.9 Å². The van der Waals surface area contributed by atoms with Crippen molar-refractivity contribution in [2.24, 2.45) is 0 Å². The number of imide groups is 1. The van der Waals surface area contributed by atoms with Crippen molar-refractivity contribution in [1.29, 1.82) is 0 Å². The highest BCUT2D eigenvalue weighted by atomic mass is 16.5. The molecule has 1 heterocycles. The van der Waals surface area contributed by atoms with Crippen LogP contribution < -0.4 is 10.1 Å². The van der Waals surface area contributed by atoms with Crippen LogP contribution in [0, 0.1) is 0 Å². The highest BCUT2D eigenvalue weighted by Gasteiger charge is 2.09. The van der Waals surface area contributed by atoms with E-state index in [1.165, 1.54) is 25.6 Å². The number of hydrogen-bond donors (Lipinski definition) is 2. The molecule has 74 valence electrons. The molecule has 0 saturated heterocycles. The fraction of sp³-hybridized carbons (Fsp3) is 0.125. The van der Waals surface area contributed by atoms with Gasteiger partial charge < -0.3 is 9.84 Å². The lowest BCUT2D eigenvalue weighted by Crippen LogP contribution is -2.28. The van der Waals surface area contributed by atoms with Gasteiger partial charge in [0.1, 0.15) is 5.75 Å². The van der Waals surface area contributed by atoms with E-state index in [1.54, 1.807) is 5.32 Å². The van der Waals surface area contributed by atoms with Gasteiger partial charge >= 0.3 is 6.09 Å². The summed E-state index contributed by atoms with van der Waals surface area (Å²) >= 11 is 0. The molecule has 1 aromatic rings. The number of pyridine rings is 1. The quantitative estimate of drug-likeness (QED) is 0.718. The summed E-state index contributed by atoms with van der Waals surface area (Å²) in [7, 11) is 1.43. The second-order valence-electron chi connectivity index (χ2n) is 2.37. The summed E-state index contributed by atoms with van der Waals surface area (Å²) in [4.78, 5) is 25.0. The highest BCUT2D eigenvalue weighted by Crippen LogP contribution is 2.09. The van der Waals surface area contributed by atoms with Crippen molar-refractivity contribution in [3.05, 3.63) is 24.0 Å². The fourth-order valence-electron chi connectivity index (χ4n) is 0.824. The zero-order valence-corrected chi connectivity index (χ0v) is 7.35. The zero-order chi connectivity index (χ0) is 10.6. The number of carbonyl (C=O) groups excluding carboxylic acids is 1. The Morgan fingerprint density at radius 2 is 2.21 bits per heavy atom. The Labute approximate surface area is 79.5 Å². The van der Waals surface area contributed by atoms with E-state index in [-0.39, 0.29) is 5.56 Å². The van der Waals surface area contributed by atoms with Crippen molar-refractivity contribution in [2.75, 3.05) is 7.11 Å². The van der Waals surface area contributed by atoms with Gasteiger partial charge in [0.25, 0.3) is 5.91 Å².